The molecule has 0 unspecified atom stereocenters. The topological polar surface area (TPSA) is 26.9 Å². The van der Waals surface area contributed by atoms with E-state index in [1.807, 2.05) is 60.4 Å². The maximum absolute atomic E-state index is 12.8. The van der Waals surface area contributed by atoms with Crippen LogP contribution in [0.4, 0.5) is 0 Å². The van der Waals surface area contributed by atoms with Gasteiger partial charge in [-0.05, 0) is 59.2 Å². The van der Waals surface area contributed by atoms with E-state index in [4.69, 9.17) is 0 Å². The number of nitrogens with zero attached hydrogens (tertiary/aromatic N) is 2. The zero-order valence-electron chi connectivity index (χ0n) is 13.6. The molecule has 0 saturated carbocycles. The summed E-state index contributed by atoms with van der Waals surface area (Å²) in [6.45, 7) is 12.3. The molecular formula is C17H23BrN2O. The van der Waals surface area contributed by atoms with Gasteiger partial charge in [0.15, 0.2) is 0 Å². The number of hydrogen-bond acceptors (Lipinski definition) is 1. The lowest BCUT2D eigenvalue weighted by molar-refractivity contribution is 0.343. The van der Waals surface area contributed by atoms with Gasteiger partial charge >= 0.3 is 5.69 Å². The van der Waals surface area contributed by atoms with Crippen molar-refractivity contribution in [2.45, 2.75) is 52.6 Å². The Hall–Kier alpha value is -1.29. The molecule has 2 aromatic rings. The van der Waals surface area contributed by atoms with Gasteiger partial charge in [-0.3, -0.25) is 9.13 Å². The molecule has 1 heterocycles. The normalized spacial score (nSPS) is 12.7. The van der Waals surface area contributed by atoms with Crippen LogP contribution in [0.3, 0.4) is 0 Å². The number of hydrogen-bond donors (Lipinski definition) is 0. The van der Waals surface area contributed by atoms with E-state index in [9.17, 15) is 4.79 Å². The predicted octanol–water partition coefficient (Wildman–Crippen LogP) is 4.59. The summed E-state index contributed by atoms with van der Waals surface area (Å²) in [6.07, 6.45) is 1.97. The minimum Gasteiger partial charge on any atom is -0.293 e. The fourth-order valence-electron chi connectivity index (χ4n) is 2.40. The summed E-state index contributed by atoms with van der Waals surface area (Å²) in [7, 11) is 0. The third kappa shape index (κ3) is 3.15. The van der Waals surface area contributed by atoms with Crippen molar-refractivity contribution in [3.63, 3.8) is 0 Å². The number of rotatable bonds is 1. The summed E-state index contributed by atoms with van der Waals surface area (Å²) >= 11 is 3.45. The summed E-state index contributed by atoms with van der Waals surface area (Å²) in [5.74, 6) is 0. The molecule has 4 heteroatoms. The third-order valence-corrected chi connectivity index (χ3v) is 3.95. The quantitative estimate of drug-likeness (QED) is 0.738. The first kappa shape index (κ1) is 16.1. The Morgan fingerprint density at radius 2 is 1.43 bits per heavy atom. The second-order valence-electron chi connectivity index (χ2n) is 7.35. The van der Waals surface area contributed by atoms with E-state index in [1.165, 1.54) is 0 Å². The van der Waals surface area contributed by atoms with E-state index in [-0.39, 0.29) is 16.8 Å². The van der Waals surface area contributed by atoms with Gasteiger partial charge in [-0.1, -0.05) is 28.1 Å². The van der Waals surface area contributed by atoms with Crippen molar-refractivity contribution in [3.05, 3.63) is 45.4 Å². The lowest BCUT2D eigenvalue weighted by Crippen LogP contribution is -2.39. The molecule has 3 nitrogen and oxygen atoms in total. The average molecular weight is 351 g/mol. The van der Waals surface area contributed by atoms with Crippen LogP contribution in [-0.2, 0) is 11.1 Å². The zero-order chi connectivity index (χ0) is 16.0. The highest BCUT2D eigenvalue weighted by molar-refractivity contribution is 9.10. The number of benzene rings is 1. The molecule has 21 heavy (non-hydrogen) atoms. The van der Waals surface area contributed by atoms with Gasteiger partial charge in [0.25, 0.3) is 0 Å². The second kappa shape index (κ2) is 5.16. The van der Waals surface area contributed by atoms with Crippen molar-refractivity contribution < 1.29 is 0 Å². The molecule has 1 aromatic carbocycles. The summed E-state index contributed by atoms with van der Waals surface area (Å²) in [5, 5.41) is 0. The van der Waals surface area contributed by atoms with E-state index in [1.54, 1.807) is 0 Å². The van der Waals surface area contributed by atoms with E-state index in [0.717, 1.165) is 15.7 Å². The monoisotopic (exact) mass is 350 g/mol. The van der Waals surface area contributed by atoms with Crippen LogP contribution in [0.15, 0.2) is 39.7 Å². The number of imidazole rings is 1. The molecule has 1 aromatic heterocycles. The highest BCUT2D eigenvalue weighted by Gasteiger charge is 2.26. The lowest BCUT2D eigenvalue weighted by atomic mass is 10.1. The highest BCUT2D eigenvalue weighted by Crippen LogP contribution is 2.27. The van der Waals surface area contributed by atoms with Crippen molar-refractivity contribution in [1.82, 2.24) is 9.13 Å². The maximum Gasteiger partial charge on any atom is 0.329 e. The molecule has 0 saturated heterocycles. The molecule has 0 atom stereocenters. The fourth-order valence-corrected chi connectivity index (χ4v) is 2.66. The molecule has 0 amide bonds. The summed E-state index contributed by atoms with van der Waals surface area (Å²) in [4.78, 5) is 12.8. The smallest absolute Gasteiger partial charge is 0.293 e. The Labute approximate surface area is 134 Å². The summed E-state index contributed by atoms with van der Waals surface area (Å²) in [5.41, 5.74) is 1.53. The third-order valence-electron chi connectivity index (χ3n) is 3.42. The Kier molecular flexibility index (Phi) is 3.96. The molecular weight excluding hydrogens is 328 g/mol. The van der Waals surface area contributed by atoms with Gasteiger partial charge < -0.3 is 0 Å². The molecule has 0 aliphatic heterocycles. The van der Waals surface area contributed by atoms with Crippen molar-refractivity contribution in [2.75, 3.05) is 0 Å². The minimum absolute atomic E-state index is 0.0351. The fraction of sp³-hybridized carbons (Fsp3) is 0.471. The molecule has 0 radical (unpaired) electrons. The Balaban J connectivity index is 2.76. The molecule has 0 N–H and O–H groups in total. The van der Waals surface area contributed by atoms with E-state index < -0.39 is 0 Å². The van der Waals surface area contributed by atoms with Crippen molar-refractivity contribution in [2.24, 2.45) is 0 Å². The first-order chi connectivity index (χ1) is 9.51. The zero-order valence-corrected chi connectivity index (χ0v) is 15.2. The molecule has 2 rings (SSSR count). The Bertz CT molecular complexity index is 694. The highest BCUT2D eigenvalue weighted by atomic mass is 79.9. The number of aromatic nitrogens is 2. The van der Waals surface area contributed by atoms with Crippen molar-refractivity contribution in [3.8, 4) is 11.3 Å². The molecule has 0 bridgehead atoms. The van der Waals surface area contributed by atoms with Gasteiger partial charge in [0.1, 0.15) is 0 Å². The lowest BCUT2D eigenvalue weighted by Gasteiger charge is -2.23. The minimum atomic E-state index is -0.268. The van der Waals surface area contributed by atoms with E-state index in [0.29, 0.717) is 0 Å². The first-order valence-electron chi connectivity index (χ1n) is 7.13. The molecule has 114 valence electrons. The van der Waals surface area contributed by atoms with Gasteiger partial charge in [-0.2, -0.15) is 0 Å². The van der Waals surface area contributed by atoms with Crippen LogP contribution in [0, 0.1) is 0 Å². The van der Waals surface area contributed by atoms with Crippen LogP contribution < -0.4 is 5.69 Å². The van der Waals surface area contributed by atoms with Gasteiger partial charge in [-0.15, -0.1) is 0 Å². The van der Waals surface area contributed by atoms with Gasteiger partial charge in [0.2, 0.25) is 0 Å². The summed E-state index contributed by atoms with van der Waals surface area (Å²) < 4.78 is 4.73. The van der Waals surface area contributed by atoms with Crippen molar-refractivity contribution in [1.29, 1.82) is 0 Å². The van der Waals surface area contributed by atoms with Gasteiger partial charge in [0, 0.05) is 21.7 Å². The van der Waals surface area contributed by atoms with Crippen LogP contribution in [0.25, 0.3) is 11.3 Å². The Morgan fingerprint density at radius 3 is 1.86 bits per heavy atom. The first-order valence-corrected chi connectivity index (χ1v) is 7.92. The summed E-state index contributed by atoms with van der Waals surface area (Å²) in [6, 6.07) is 8.07. The number of halogens is 1. The second-order valence-corrected chi connectivity index (χ2v) is 8.27. The Morgan fingerprint density at radius 1 is 0.905 bits per heavy atom. The van der Waals surface area contributed by atoms with Crippen LogP contribution in [0.2, 0.25) is 0 Å². The van der Waals surface area contributed by atoms with Crippen LogP contribution in [0.5, 0.6) is 0 Å². The maximum atomic E-state index is 12.8. The standard InChI is InChI=1S/C17H23BrN2O/c1-16(2,3)19-11-14(12-7-9-13(18)10-8-12)20(15(19)21)17(4,5)6/h7-11H,1-6H3. The largest absolute Gasteiger partial charge is 0.329 e. The average Bonchev–Trinajstić information content (AvgIpc) is 2.67. The van der Waals surface area contributed by atoms with Crippen LogP contribution in [-0.4, -0.2) is 9.13 Å². The van der Waals surface area contributed by atoms with Crippen LogP contribution in [0.1, 0.15) is 41.5 Å². The van der Waals surface area contributed by atoms with E-state index >= 15 is 0 Å². The SMILES string of the molecule is CC(C)(C)n1cc(-c2ccc(Br)cc2)n(C(C)(C)C)c1=O. The molecule has 0 spiro atoms. The van der Waals surface area contributed by atoms with E-state index in [2.05, 4.69) is 36.7 Å². The molecule has 0 aliphatic rings. The molecule has 0 fully saturated rings. The molecule has 0 aliphatic carbocycles. The van der Waals surface area contributed by atoms with Gasteiger partial charge in [-0.25, -0.2) is 4.79 Å². The van der Waals surface area contributed by atoms with Gasteiger partial charge in [0.05, 0.1) is 5.69 Å². The predicted molar refractivity (Wildman–Crippen MR) is 91.8 cm³/mol. The van der Waals surface area contributed by atoms with Crippen molar-refractivity contribution >= 4 is 15.9 Å². The van der Waals surface area contributed by atoms with Crippen LogP contribution >= 0.6 is 15.9 Å².